The zero-order valence-electron chi connectivity index (χ0n) is 14.8. The predicted molar refractivity (Wildman–Crippen MR) is 101 cm³/mol. The van der Waals surface area contributed by atoms with Gasteiger partial charge in [0.2, 0.25) is 0 Å². The fraction of sp³-hybridized carbons (Fsp3) is 0.667. The molecule has 0 spiro atoms. The Balaban J connectivity index is 1.65. The van der Waals surface area contributed by atoms with E-state index in [9.17, 15) is 9.18 Å². The van der Waals surface area contributed by atoms with Crippen LogP contribution in [0.5, 0.6) is 0 Å². The van der Waals surface area contributed by atoms with Gasteiger partial charge in [0.05, 0.1) is 14.7 Å². The molecule has 0 aromatic heterocycles. The van der Waals surface area contributed by atoms with Crippen LogP contribution in [0.1, 0.15) is 51.4 Å². The molecule has 1 saturated carbocycles. The molecule has 1 aromatic carbocycles. The first-order valence-electron chi connectivity index (χ1n) is 9.87. The normalized spacial score (nSPS) is 28.9. The van der Waals surface area contributed by atoms with Gasteiger partial charge in [-0.05, 0) is 31.1 Å². The number of hydrogen-bond acceptors (Lipinski definition) is 1. The van der Waals surface area contributed by atoms with Crippen LogP contribution in [0.4, 0.5) is 4.39 Å². The minimum Gasteiger partial charge on any atom is -0.300 e. The Morgan fingerprint density at radius 2 is 1.54 bits per heavy atom. The molecule has 0 N–H and O–H groups in total. The largest absolute Gasteiger partial charge is 0.300 e. The molecule has 2 aliphatic rings. The van der Waals surface area contributed by atoms with E-state index in [4.69, 9.17) is 0 Å². The number of unbranched alkanes of at least 4 members (excludes halogenated alkanes) is 1. The van der Waals surface area contributed by atoms with E-state index in [0.29, 0.717) is 5.78 Å². The second kappa shape index (κ2) is 8.42. The number of halogens is 1. The van der Waals surface area contributed by atoms with Gasteiger partial charge in [-0.1, -0.05) is 72.9 Å². The van der Waals surface area contributed by atoms with Gasteiger partial charge in [-0.25, -0.2) is 0 Å². The Bertz CT molecular complexity index is 512. The fourth-order valence-electron chi connectivity index (χ4n) is 5.13. The molecule has 0 bridgehead atoms. The van der Waals surface area contributed by atoms with E-state index in [1.807, 2.05) is 0 Å². The molecule has 1 aliphatic heterocycles. The quantitative estimate of drug-likeness (QED) is 0.507. The van der Waals surface area contributed by atoms with Gasteiger partial charge < -0.3 is 0 Å². The molecule has 2 fully saturated rings. The van der Waals surface area contributed by atoms with E-state index in [-0.39, 0.29) is 6.67 Å². The van der Waals surface area contributed by atoms with Crippen LogP contribution in [0.3, 0.4) is 0 Å². The lowest BCUT2D eigenvalue weighted by Crippen LogP contribution is -2.50. The molecule has 24 heavy (non-hydrogen) atoms. The summed E-state index contributed by atoms with van der Waals surface area (Å²) in [4.78, 5) is 11.5. The van der Waals surface area contributed by atoms with E-state index < -0.39 is 8.07 Å². The van der Waals surface area contributed by atoms with Crippen molar-refractivity contribution in [3.8, 4) is 0 Å². The Labute approximate surface area is 147 Å². The molecule has 132 valence electrons. The van der Waals surface area contributed by atoms with Crippen LogP contribution < -0.4 is 5.19 Å². The van der Waals surface area contributed by atoms with Gasteiger partial charge in [-0.15, -0.1) is 0 Å². The first kappa shape index (κ1) is 17.8. The molecular formula is C21H31FOSi. The average Bonchev–Trinajstić information content (AvgIpc) is 2.64. The van der Waals surface area contributed by atoms with Gasteiger partial charge in [0.1, 0.15) is 5.78 Å². The SMILES string of the molecule is O=C1CCC(C2CC[Si](CCCCF)(c3ccccc3)CC2)CC1. The van der Waals surface area contributed by atoms with Crippen molar-refractivity contribution >= 4 is 19.0 Å². The smallest absolute Gasteiger partial charge is 0.132 e. The van der Waals surface area contributed by atoms with E-state index in [1.165, 1.54) is 31.0 Å². The maximum Gasteiger partial charge on any atom is 0.132 e. The minimum absolute atomic E-state index is 0.169. The molecule has 1 heterocycles. The summed E-state index contributed by atoms with van der Waals surface area (Å²) in [6, 6.07) is 15.1. The van der Waals surface area contributed by atoms with Crippen LogP contribution >= 0.6 is 0 Å². The topological polar surface area (TPSA) is 17.1 Å². The molecule has 3 heteroatoms. The summed E-state index contributed by atoms with van der Waals surface area (Å²) in [7, 11) is -1.45. The summed E-state index contributed by atoms with van der Waals surface area (Å²) in [6.45, 7) is -0.169. The van der Waals surface area contributed by atoms with Crippen LogP contribution in [0.15, 0.2) is 30.3 Å². The lowest BCUT2D eigenvalue weighted by atomic mass is 9.77. The molecular weight excluding hydrogens is 315 g/mol. The Kier molecular flexibility index (Phi) is 6.26. The summed E-state index contributed by atoms with van der Waals surface area (Å²) < 4.78 is 12.6. The third-order valence-corrected chi connectivity index (χ3v) is 12.0. The molecule has 0 unspecified atom stereocenters. The van der Waals surface area contributed by atoms with Gasteiger partial charge in [0, 0.05) is 12.8 Å². The highest BCUT2D eigenvalue weighted by atomic mass is 28.3. The van der Waals surface area contributed by atoms with Gasteiger partial charge in [0.25, 0.3) is 0 Å². The van der Waals surface area contributed by atoms with E-state index in [2.05, 4.69) is 30.3 Å². The van der Waals surface area contributed by atoms with E-state index >= 15 is 0 Å². The standard InChI is InChI=1S/C21H31FOSi/c22-14-4-5-15-24(21-6-2-1-3-7-21)16-12-19(13-17-24)18-8-10-20(23)11-9-18/h1-3,6-7,18-19H,4-5,8-17H2. The summed E-state index contributed by atoms with van der Waals surface area (Å²) in [5.41, 5.74) is 0. The molecule has 3 rings (SSSR count). The number of rotatable bonds is 6. The molecule has 0 amide bonds. The van der Waals surface area contributed by atoms with Crippen LogP contribution in [0.25, 0.3) is 0 Å². The van der Waals surface area contributed by atoms with Crippen LogP contribution in [0, 0.1) is 11.8 Å². The number of carbonyl (C=O) groups is 1. The molecule has 1 aromatic rings. The van der Waals surface area contributed by atoms with Gasteiger partial charge >= 0.3 is 0 Å². The number of Topliss-reactive ketones (excluding diaryl/α,β-unsaturated/α-hetero) is 1. The summed E-state index contributed by atoms with van der Waals surface area (Å²) in [5, 5.41) is 1.60. The van der Waals surface area contributed by atoms with E-state index in [0.717, 1.165) is 50.4 Å². The van der Waals surface area contributed by atoms with Crippen molar-refractivity contribution in [2.45, 2.75) is 69.5 Å². The summed E-state index contributed by atoms with van der Waals surface area (Å²) in [5.74, 6) is 2.10. The predicted octanol–water partition coefficient (Wildman–Crippen LogP) is 5.26. The maximum atomic E-state index is 12.6. The zero-order chi connectivity index (χ0) is 16.8. The number of hydrogen-bond donors (Lipinski definition) is 0. The van der Waals surface area contributed by atoms with Crippen LogP contribution in [0.2, 0.25) is 18.1 Å². The van der Waals surface area contributed by atoms with Gasteiger partial charge in [-0.2, -0.15) is 0 Å². The lowest BCUT2D eigenvalue weighted by Gasteiger charge is -2.42. The maximum absolute atomic E-state index is 12.6. The highest BCUT2D eigenvalue weighted by molar-refractivity contribution is 6.92. The number of alkyl halides is 1. The first-order chi connectivity index (χ1) is 11.7. The molecule has 1 nitrogen and oxygen atoms in total. The molecule has 0 atom stereocenters. The van der Waals surface area contributed by atoms with Gasteiger partial charge in [-0.3, -0.25) is 9.18 Å². The van der Waals surface area contributed by atoms with Crippen molar-refractivity contribution in [1.82, 2.24) is 0 Å². The third kappa shape index (κ3) is 4.16. The number of ketones is 1. The average molecular weight is 347 g/mol. The molecule has 1 aliphatic carbocycles. The highest BCUT2D eigenvalue weighted by Crippen LogP contribution is 2.42. The monoisotopic (exact) mass is 346 g/mol. The first-order valence-corrected chi connectivity index (χ1v) is 12.5. The highest BCUT2D eigenvalue weighted by Gasteiger charge is 2.40. The van der Waals surface area contributed by atoms with Crippen LogP contribution in [-0.2, 0) is 4.79 Å². The van der Waals surface area contributed by atoms with Crippen molar-refractivity contribution in [2.75, 3.05) is 6.67 Å². The van der Waals surface area contributed by atoms with Crippen molar-refractivity contribution in [2.24, 2.45) is 11.8 Å². The summed E-state index contributed by atoms with van der Waals surface area (Å²) in [6.07, 6.45) is 8.37. The lowest BCUT2D eigenvalue weighted by molar-refractivity contribution is -0.121. The number of carbonyl (C=O) groups excluding carboxylic acids is 1. The van der Waals surface area contributed by atoms with Crippen LogP contribution in [-0.4, -0.2) is 20.5 Å². The molecule has 0 radical (unpaired) electrons. The van der Waals surface area contributed by atoms with Crippen molar-refractivity contribution < 1.29 is 9.18 Å². The van der Waals surface area contributed by atoms with E-state index in [1.54, 1.807) is 5.19 Å². The Morgan fingerprint density at radius 3 is 2.17 bits per heavy atom. The summed E-state index contributed by atoms with van der Waals surface area (Å²) >= 11 is 0. The minimum atomic E-state index is -1.45. The Morgan fingerprint density at radius 1 is 0.917 bits per heavy atom. The van der Waals surface area contributed by atoms with Crippen molar-refractivity contribution in [1.29, 1.82) is 0 Å². The number of benzene rings is 1. The fourth-order valence-corrected chi connectivity index (χ4v) is 10.4. The zero-order valence-corrected chi connectivity index (χ0v) is 15.8. The second-order valence-corrected chi connectivity index (χ2v) is 12.6. The van der Waals surface area contributed by atoms with Crippen molar-refractivity contribution in [3.05, 3.63) is 30.3 Å². The second-order valence-electron chi connectivity index (χ2n) is 8.01. The Hall–Kier alpha value is -0.963. The molecule has 1 saturated heterocycles. The van der Waals surface area contributed by atoms with Gasteiger partial charge in [0.15, 0.2) is 0 Å². The third-order valence-electron chi connectivity index (χ3n) is 6.67. The van der Waals surface area contributed by atoms with Crippen molar-refractivity contribution in [3.63, 3.8) is 0 Å².